The third-order valence-electron chi connectivity index (χ3n) is 3.47. The first-order valence-corrected chi connectivity index (χ1v) is 8.82. The Labute approximate surface area is 152 Å². The summed E-state index contributed by atoms with van der Waals surface area (Å²) < 4.78 is 31.2. The summed E-state index contributed by atoms with van der Waals surface area (Å²) in [6.07, 6.45) is 0.617. The molecule has 1 heterocycles. The van der Waals surface area contributed by atoms with Gasteiger partial charge in [0, 0.05) is 12.1 Å². The van der Waals surface area contributed by atoms with Crippen molar-refractivity contribution in [2.75, 3.05) is 12.3 Å². The van der Waals surface area contributed by atoms with E-state index in [2.05, 4.69) is 15.5 Å². The summed E-state index contributed by atoms with van der Waals surface area (Å²) in [4.78, 5) is 11.9. The van der Waals surface area contributed by atoms with Crippen LogP contribution in [0.3, 0.4) is 0 Å². The molecule has 0 saturated carbocycles. The van der Waals surface area contributed by atoms with Gasteiger partial charge in [-0.3, -0.25) is 4.79 Å². The first-order chi connectivity index (χ1) is 12.6. The summed E-state index contributed by atoms with van der Waals surface area (Å²) in [5, 5.41) is 10.8. The number of carbonyl (C=O) groups is 1. The highest BCUT2D eigenvalue weighted by molar-refractivity contribution is 7.99. The van der Waals surface area contributed by atoms with Gasteiger partial charge in [-0.15, -0.1) is 10.2 Å². The number of hydrogen-bond donors (Lipinski definition) is 1. The van der Waals surface area contributed by atoms with Crippen molar-refractivity contribution in [3.8, 4) is 11.5 Å². The molecule has 0 spiro atoms. The number of rotatable bonds is 7. The molecule has 0 saturated heterocycles. The smallest absolute Gasteiger partial charge is 0.277 e. The van der Waals surface area contributed by atoms with Crippen LogP contribution in [0.5, 0.6) is 0 Å². The zero-order chi connectivity index (χ0) is 18.4. The second kappa shape index (κ2) is 8.57. The van der Waals surface area contributed by atoms with Crippen molar-refractivity contribution in [3.63, 3.8) is 0 Å². The molecule has 1 aromatic heterocycles. The number of benzene rings is 2. The van der Waals surface area contributed by atoms with Crippen molar-refractivity contribution in [1.29, 1.82) is 0 Å². The van der Waals surface area contributed by atoms with E-state index < -0.39 is 0 Å². The molecule has 0 aliphatic heterocycles. The molecule has 1 N–H and O–H groups in total. The van der Waals surface area contributed by atoms with Crippen LogP contribution in [0, 0.1) is 11.6 Å². The molecular formula is C18H15F2N3O2S. The van der Waals surface area contributed by atoms with Gasteiger partial charge in [-0.05, 0) is 48.4 Å². The second-order valence-electron chi connectivity index (χ2n) is 5.40. The van der Waals surface area contributed by atoms with Crippen LogP contribution in [0.1, 0.15) is 5.56 Å². The van der Waals surface area contributed by atoms with Gasteiger partial charge in [0.05, 0.1) is 5.75 Å². The number of carbonyl (C=O) groups excluding carboxylic acids is 1. The van der Waals surface area contributed by atoms with Crippen molar-refractivity contribution < 1.29 is 18.0 Å². The van der Waals surface area contributed by atoms with Gasteiger partial charge in [0.25, 0.3) is 5.22 Å². The van der Waals surface area contributed by atoms with Crippen LogP contribution in [-0.4, -0.2) is 28.4 Å². The average Bonchev–Trinajstić information content (AvgIpc) is 3.11. The highest BCUT2D eigenvalue weighted by Gasteiger charge is 2.11. The lowest BCUT2D eigenvalue weighted by Crippen LogP contribution is -2.27. The molecule has 2 aromatic carbocycles. The molecule has 3 aromatic rings. The fourth-order valence-electron chi connectivity index (χ4n) is 2.15. The molecule has 0 bridgehead atoms. The molecule has 3 rings (SSSR count). The Hall–Kier alpha value is -2.74. The minimum absolute atomic E-state index is 0.133. The van der Waals surface area contributed by atoms with Crippen molar-refractivity contribution in [2.45, 2.75) is 11.6 Å². The molecule has 0 fully saturated rings. The third kappa shape index (κ3) is 5.13. The molecule has 8 heteroatoms. The number of halogens is 2. The maximum absolute atomic E-state index is 12.9. The van der Waals surface area contributed by atoms with E-state index in [4.69, 9.17) is 4.42 Å². The molecule has 0 atom stereocenters. The standard InChI is InChI=1S/C18H15F2N3O2S/c19-14-5-1-12(2-6-14)9-10-21-16(24)11-26-18-23-22-17(25-18)13-3-7-15(20)8-4-13/h1-8H,9-11H2,(H,21,24). The number of aromatic nitrogens is 2. The Morgan fingerprint density at radius 1 is 1.00 bits per heavy atom. The summed E-state index contributed by atoms with van der Waals surface area (Å²) in [5.41, 5.74) is 1.55. The lowest BCUT2D eigenvalue weighted by Gasteiger charge is -2.04. The Kier molecular flexibility index (Phi) is 5.96. The Bertz CT molecular complexity index is 867. The Morgan fingerprint density at radius 2 is 1.65 bits per heavy atom. The van der Waals surface area contributed by atoms with Crippen LogP contribution in [0.2, 0.25) is 0 Å². The van der Waals surface area contributed by atoms with Gasteiger partial charge in [0.1, 0.15) is 11.6 Å². The molecule has 5 nitrogen and oxygen atoms in total. The molecule has 0 aliphatic rings. The minimum Gasteiger partial charge on any atom is -0.411 e. The number of hydrogen-bond acceptors (Lipinski definition) is 5. The van der Waals surface area contributed by atoms with Crippen molar-refractivity contribution in [1.82, 2.24) is 15.5 Å². The highest BCUT2D eigenvalue weighted by atomic mass is 32.2. The maximum Gasteiger partial charge on any atom is 0.277 e. The summed E-state index contributed by atoms with van der Waals surface area (Å²) in [7, 11) is 0. The molecule has 1 amide bonds. The van der Waals surface area contributed by atoms with Crippen molar-refractivity contribution >= 4 is 17.7 Å². The zero-order valence-corrected chi connectivity index (χ0v) is 14.4. The van der Waals surface area contributed by atoms with Gasteiger partial charge < -0.3 is 9.73 Å². The molecule has 0 unspecified atom stereocenters. The van der Waals surface area contributed by atoms with E-state index in [-0.39, 0.29) is 34.4 Å². The fraction of sp³-hybridized carbons (Fsp3) is 0.167. The monoisotopic (exact) mass is 375 g/mol. The minimum atomic E-state index is -0.347. The summed E-state index contributed by atoms with van der Waals surface area (Å²) >= 11 is 1.12. The first kappa shape index (κ1) is 18.1. The van der Waals surface area contributed by atoms with Crippen LogP contribution in [0.4, 0.5) is 8.78 Å². The molecule has 0 aliphatic carbocycles. The molecule has 0 radical (unpaired) electrons. The van der Waals surface area contributed by atoms with Gasteiger partial charge in [-0.25, -0.2) is 8.78 Å². The normalized spacial score (nSPS) is 10.7. The number of nitrogens with zero attached hydrogens (tertiary/aromatic N) is 2. The van der Waals surface area contributed by atoms with Crippen molar-refractivity contribution in [3.05, 3.63) is 65.7 Å². The van der Waals surface area contributed by atoms with Gasteiger partial charge in [-0.2, -0.15) is 0 Å². The maximum atomic E-state index is 12.9. The summed E-state index contributed by atoms with van der Waals surface area (Å²) in [6, 6.07) is 11.8. The van der Waals surface area contributed by atoms with Crippen LogP contribution in [0.15, 0.2) is 58.2 Å². The van der Waals surface area contributed by atoms with E-state index in [1.54, 1.807) is 24.3 Å². The van der Waals surface area contributed by atoms with Crippen LogP contribution in [0.25, 0.3) is 11.5 Å². The van der Waals surface area contributed by atoms with Crippen LogP contribution < -0.4 is 5.32 Å². The predicted molar refractivity (Wildman–Crippen MR) is 93.5 cm³/mol. The third-order valence-corrected chi connectivity index (χ3v) is 4.29. The first-order valence-electron chi connectivity index (χ1n) is 7.83. The molecule has 26 heavy (non-hydrogen) atoms. The summed E-state index contributed by atoms with van der Waals surface area (Å²) in [6.45, 7) is 0.454. The summed E-state index contributed by atoms with van der Waals surface area (Å²) in [5.74, 6) is -0.397. The zero-order valence-electron chi connectivity index (χ0n) is 13.6. The van der Waals surface area contributed by atoms with E-state index in [9.17, 15) is 13.6 Å². The Morgan fingerprint density at radius 3 is 2.35 bits per heavy atom. The van der Waals surface area contributed by atoms with E-state index in [1.165, 1.54) is 24.3 Å². The number of nitrogens with one attached hydrogen (secondary N) is 1. The van der Waals surface area contributed by atoms with E-state index in [0.717, 1.165) is 17.3 Å². The lowest BCUT2D eigenvalue weighted by atomic mass is 10.1. The number of thioether (sulfide) groups is 1. The quantitative estimate of drug-likeness (QED) is 0.641. The van der Waals surface area contributed by atoms with Gasteiger partial charge >= 0.3 is 0 Å². The van der Waals surface area contributed by atoms with Gasteiger partial charge in [-0.1, -0.05) is 23.9 Å². The van der Waals surface area contributed by atoms with Gasteiger partial charge in [0.15, 0.2) is 0 Å². The van der Waals surface area contributed by atoms with E-state index >= 15 is 0 Å². The van der Waals surface area contributed by atoms with E-state index in [0.29, 0.717) is 18.5 Å². The second-order valence-corrected chi connectivity index (χ2v) is 6.32. The number of amides is 1. The SMILES string of the molecule is O=C(CSc1nnc(-c2ccc(F)cc2)o1)NCCc1ccc(F)cc1. The van der Waals surface area contributed by atoms with E-state index in [1.807, 2.05) is 0 Å². The van der Waals surface area contributed by atoms with Crippen LogP contribution in [-0.2, 0) is 11.2 Å². The fourth-order valence-corrected chi connectivity index (χ4v) is 2.75. The topological polar surface area (TPSA) is 68.0 Å². The Balaban J connectivity index is 1.43. The van der Waals surface area contributed by atoms with Gasteiger partial charge in [0.2, 0.25) is 11.8 Å². The predicted octanol–water partition coefficient (Wildman–Crippen LogP) is 3.47. The molecule has 134 valence electrons. The lowest BCUT2D eigenvalue weighted by molar-refractivity contribution is -0.118. The highest BCUT2D eigenvalue weighted by Crippen LogP contribution is 2.23. The molecular weight excluding hydrogens is 360 g/mol. The van der Waals surface area contributed by atoms with Crippen molar-refractivity contribution in [2.24, 2.45) is 0 Å². The average molecular weight is 375 g/mol. The largest absolute Gasteiger partial charge is 0.411 e. The van der Waals surface area contributed by atoms with Crippen LogP contribution >= 0.6 is 11.8 Å².